The van der Waals surface area contributed by atoms with Crippen LogP contribution in [0.2, 0.25) is 0 Å². The molecule has 7 aromatic carbocycles. The second-order valence-electron chi connectivity index (χ2n) is 13.5. The summed E-state index contributed by atoms with van der Waals surface area (Å²) in [6.07, 6.45) is 0.958. The number of aromatic nitrogens is 2. The van der Waals surface area contributed by atoms with Gasteiger partial charge in [0.25, 0.3) is 0 Å². The van der Waals surface area contributed by atoms with Gasteiger partial charge in [0.15, 0.2) is 0 Å². The van der Waals surface area contributed by atoms with E-state index in [1.54, 1.807) is 0 Å². The van der Waals surface area contributed by atoms with E-state index in [0.29, 0.717) is 5.56 Å². The molecule has 3 nitrogen and oxygen atoms in total. The molecule has 0 spiro atoms. The minimum absolute atomic E-state index is 0.615. The maximum absolute atomic E-state index is 9.62. The highest BCUT2D eigenvalue weighted by molar-refractivity contribution is 6.10. The zero-order valence-electron chi connectivity index (χ0n) is 28.3. The van der Waals surface area contributed by atoms with Crippen LogP contribution < -0.4 is 0 Å². The Bertz CT molecular complexity index is 2890. The molecule has 3 heteroatoms. The van der Waals surface area contributed by atoms with E-state index in [-0.39, 0.29) is 0 Å². The molecular formula is C49H31N3. The normalized spacial score (nSPS) is 11.8. The van der Waals surface area contributed by atoms with Gasteiger partial charge in [-0.3, -0.25) is 0 Å². The quantitative estimate of drug-likeness (QED) is 0.184. The first-order chi connectivity index (χ1) is 25.7. The minimum Gasteiger partial charge on any atom is -0.309 e. The zero-order valence-corrected chi connectivity index (χ0v) is 28.3. The maximum atomic E-state index is 9.62. The number of rotatable bonds is 5. The number of benzene rings is 7. The van der Waals surface area contributed by atoms with Gasteiger partial charge in [0.1, 0.15) is 0 Å². The van der Waals surface area contributed by atoms with E-state index in [4.69, 9.17) is 4.98 Å². The highest BCUT2D eigenvalue weighted by Gasteiger charge is 2.22. The molecule has 9 aromatic rings. The molecule has 0 saturated heterocycles. The molecule has 1 aliphatic carbocycles. The molecular weight excluding hydrogens is 631 g/mol. The molecule has 0 bridgehead atoms. The highest BCUT2D eigenvalue weighted by Crippen LogP contribution is 2.43. The molecule has 0 aliphatic heterocycles. The summed E-state index contributed by atoms with van der Waals surface area (Å²) in [6.45, 7) is 0. The van der Waals surface area contributed by atoms with Crippen molar-refractivity contribution in [1.82, 2.24) is 9.55 Å². The number of pyridine rings is 1. The molecule has 10 rings (SSSR count). The van der Waals surface area contributed by atoms with Crippen molar-refractivity contribution >= 4 is 21.8 Å². The fraction of sp³-hybridized carbons (Fsp3) is 0.0204. The van der Waals surface area contributed by atoms with Crippen molar-refractivity contribution < 1.29 is 0 Å². The summed E-state index contributed by atoms with van der Waals surface area (Å²) in [5.74, 6) is 0. The summed E-state index contributed by atoms with van der Waals surface area (Å²) in [4.78, 5) is 5.19. The number of fused-ring (bicyclic) bond motifs is 6. The summed E-state index contributed by atoms with van der Waals surface area (Å²) in [5.41, 5.74) is 17.9. The predicted molar refractivity (Wildman–Crippen MR) is 213 cm³/mol. The van der Waals surface area contributed by atoms with Crippen LogP contribution in [0.5, 0.6) is 0 Å². The lowest BCUT2D eigenvalue weighted by Gasteiger charge is -2.13. The molecule has 0 atom stereocenters. The topological polar surface area (TPSA) is 41.6 Å². The van der Waals surface area contributed by atoms with Gasteiger partial charge in [0, 0.05) is 27.6 Å². The van der Waals surface area contributed by atoms with Gasteiger partial charge in [-0.25, -0.2) is 4.98 Å². The van der Waals surface area contributed by atoms with Crippen molar-refractivity contribution in [1.29, 1.82) is 5.26 Å². The van der Waals surface area contributed by atoms with Crippen LogP contribution >= 0.6 is 0 Å². The van der Waals surface area contributed by atoms with E-state index in [2.05, 4.69) is 156 Å². The SMILES string of the molecule is N#Cc1cccc(-c2cc(-c3ccccc3)cc(-c3cccc(-n4c5ccccc5c5cc(-c6cccc7c6Cc6ccccc6-7)ccc54)c3)n2)c1. The Morgan fingerprint density at radius 3 is 2.00 bits per heavy atom. The predicted octanol–water partition coefficient (Wildman–Crippen LogP) is 12.3. The van der Waals surface area contributed by atoms with Crippen molar-refractivity contribution in [3.05, 3.63) is 193 Å². The number of nitriles is 1. The molecule has 52 heavy (non-hydrogen) atoms. The number of para-hydroxylation sites is 1. The Hall–Kier alpha value is -7.02. The Morgan fingerprint density at radius 2 is 1.13 bits per heavy atom. The van der Waals surface area contributed by atoms with Crippen LogP contribution in [0.25, 0.3) is 83.4 Å². The van der Waals surface area contributed by atoms with Crippen LogP contribution in [0.4, 0.5) is 0 Å². The molecule has 2 heterocycles. The maximum Gasteiger partial charge on any atom is 0.0991 e. The van der Waals surface area contributed by atoms with Crippen molar-refractivity contribution in [3.8, 4) is 67.7 Å². The van der Waals surface area contributed by atoms with Crippen LogP contribution in [0.1, 0.15) is 16.7 Å². The lowest BCUT2D eigenvalue weighted by Crippen LogP contribution is -1.96. The minimum atomic E-state index is 0.615. The Labute approximate surface area is 302 Å². The van der Waals surface area contributed by atoms with Crippen molar-refractivity contribution in [2.75, 3.05) is 0 Å². The van der Waals surface area contributed by atoms with Gasteiger partial charge in [0.2, 0.25) is 0 Å². The van der Waals surface area contributed by atoms with E-state index in [1.165, 1.54) is 44.2 Å². The van der Waals surface area contributed by atoms with Crippen molar-refractivity contribution in [3.63, 3.8) is 0 Å². The molecule has 0 radical (unpaired) electrons. The fourth-order valence-electron chi connectivity index (χ4n) is 8.02. The van der Waals surface area contributed by atoms with Crippen molar-refractivity contribution in [2.24, 2.45) is 0 Å². The Balaban J connectivity index is 1.12. The molecule has 1 aliphatic rings. The first-order valence-electron chi connectivity index (χ1n) is 17.6. The van der Waals surface area contributed by atoms with Crippen LogP contribution in [-0.4, -0.2) is 9.55 Å². The van der Waals surface area contributed by atoms with Crippen LogP contribution in [-0.2, 0) is 6.42 Å². The largest absolute Gasteiger partial charge is 0.309 e. The standard InChI is InChI=1S/C49H31N3/c50-31-32-11-8-15-36(25-32)46-29-38(33-12-2-1-3-13-33)30-47(51-46)37-16-9-17-39(26-37)52-48-22-7-6-19-43(48)45-28-35(23-24-49(45)52)41-20-10-21-42-40-18-5-4-14-34(40)27-44(41)42/h1-26,28-30H,27H2. The van der Waals surface area contributed by atoms with Gasteiger partial charge >= 0.3 is 0 Å². The first-order valence-corrected chi connectivity index (χ1v) is 17.6. The molecule has 0 amide bonds. The third-order valence-electron chi connectivity index (χ3n) is 10.5. The third-order valence-corrected chi connectivity index (χ3v) is 10.5. The summed E-state index contributed by atoms with van der Waals surface area (Å²) >= 11 is 0. The third kappa shape index (κ3) is 4.93. The summed E-state index contributed by atoms with van der Waals surface area (Å²) < 4.78 is 2.38. The van der Waals surface area contributed by atoms with Crippen molar-refractivity contribution in [2.45, 2.75) is 6.42 Å². The van der Waals surface area contributed by atoms with Crippen LogP contribution in [0.15, 0.2) is 176 Å². The molecule has 2 aromatic heterocycles. The molecule has 0 fully saturated rings. The second-order valence-corrected chi connectivity index (χ2v) is 13.5. The first kappa shape index (κ1) is 29.9. The van der Waals surface area contributed by atoms with E-state index in [9.17, 15) is 5.26 Å². The highest BCUT2D eigenvalue weighted by atomic mass is 15.0. The molecule has 0 N–H and O–H groups in total. The van der Waals surface area contributed by atoms with Gasteiger partial charge in [-0.1, -0.05) is 121 Å². The average molecular weight is 662 g/mol. The summed E-state index contributed by atoms with van der Waals surface area (Å²) in [6, 6.07) is 64.5. The summed E-state index contributed by atoms with van der Waals surface area (Å²) in [5, 5.41) is 12.1. The van der Waals surface area contributed by atoms with E-state index in [0.717, 1.165) is 56.8 Å². The average Bonchev–Trinajstić information content (AvgIpc) is 3.77. The summed E-state index contributed by atoms with van der Waals surface area (Å²) in [7, 11) is 0. The van der Waals surface area contributed by atoms with Gasteiger partial charge < -0.3 is 4.57 Å². The fourth-order valence-corrected chi connectivity index (χ4v) is 8.02. The smallest absolute Gasteiger partial charge is 0.0991 e. The van der Waals surface area contributed by atoms with Gasteiger partial charge in [0.05, 0.1) is 34.1 Å². The van der Waals surface area contributed by atoms with E-state index >= 15 is 0 Å². The number of nitrogens with zero attached hydrogens (tertiary/aromatic N) is 3. The lowest BCUT2D eigenvalue weighted by molar-refractivity contribution is 1.18. The van der Waals surface area contributed by atoms with Gasteiger partial charge in [-0.15, -0.1) is 0 Å². The molecule has 0 unspecified atom stereocenters. The van der Waals surface area contributed by atoms with Gasteiger partial charge in [-0.2, -0.15) is 5.26 Å². The zero-order chi connectivity index (χ0) is 34.6. The van der Waals surface area contributed by atoms with E-state index in [1.807, 2.05) is 30.3 Å². The Kier molecular flexibility index (Phi) is 6.94. The van der Waals surface area contributed by atoms with Crippen LogP contribution in [0.3, 0.4) is 0 Å². The number of hydrogen-bond donors (Lipinski definition) is 0. The molecule has 0 saturated carbocycles. The Morgan fingerprint density at radius 1 is 0.462 bits per heavy atom. The second kappa shape index (κ2) is 12.1. The molecule has 242 valence electrons. The number of hydrogen-bond acceptors (Lipinski definition) is 2. The lowest BCUT2D eigenvalue weighted by atomic mass is 9.94. The van der Waals surface area contributed by atoms with Gasteiger partial charge in [-0.05, 0) is 106 Å². The van der Waals surface area contributed by atoms with E-state index < -0.39 is 0 Å². The monoisotopic (exact) mass is 661 g/mol. The van der Waals surface area contributed by atoms with Crippen LogP contribution in [0, 0.1) is 11.3 Å².